The van der Waals surface area contributed by atoms with Crippen LogP contribution in [0.15, 0.2) is 30.5 Å². The van der Waals surface area contributed by atoms with E-state index in [9.17, 15) is 0 Å². The van der Waals surface area contributed by atoms with Crippen molar-refractivity contribution in [2.24, 2.45) is 5.92 Å². The highest BCUT2D eigenvalue weighted by molar-refractivity contribution is 5.89. The van der Waals surface area contributed by atoms with Gasteiger partial charge < -0.3 is 10.1 Å². The van der Waals surface area contributed by atoms with E-state index in [0.717, 1.165) is 24.4 Å². The molecule has 2 rings (SSSR count). The molecule has 0 unspecified atom stereocenters. The molecule has 1 aromatic heterocycles. The van der Waals surface area contributed by atoms with Crippen LogP contribution in [-0.4, -0.2) is 17.6 Å². The number of ether oxygens (including phenoxy) is 1. The zero-order valence-corrected chi connectivity index (χ0v) is 12.8. The van der Waals surface area contributed by atoms with Crippen molar-refractivity contribution >= 4 is 10.8 Å². The van der Waals surface area contributed by atoms with Gasteiger partial charge in [-0.15, -0.1) is 0 Å². The third-order valence-electron chi connectivity index (χ3n) is 3.06. The van der Waals surface area contributed by atoms with Gasteiger partial charge >= 0.3 is 0 Å². The molecule has 3 heteroatoms. The molecule has 2 aromatic rings. The van der Waals surface area contributed by atoms with Gasteiger partial charge in [0.15, 0.2) is 0 Å². The fourth-order valence-electron chi connectivity index (χ4n) is 2.18. The minimum Gasteiger partial charge on any atom is -0.475 e. The zero-order valence-electron chi connectivity index (χ0n) is 12.8. The highest BCUT2D eigenvalue weighted by Gasteiger charge is 2.09. The highest BCUT2D eigenvalue weighted by Crippen LogP contribution is 2.26. The molecule has 0 saturated carbocycles. The molecule has 0 bridgehead atoms. The van der Waals surface area contributed by atoms with Gasteiger partial charge in [-0.25, -0.2) is 4.98 Å². The van der Waals surface area contributed by atoms with Gasteiger partial charge in [-0.05, 0) is 43.3 Å². The monoisotopic (exact) mass is 272 g/mol. The third kappa shape index (κ3) is 3.70. The molecule has 20 heavy (non-hydrogen) atoms. The van der Waals surface area contributed by atoms with E-state index in [2.05, 4.69) is 42.3 Å². The van der Waals surface area contributed by atoms with E-state index < -0.39 is 0 Å². The van der Waals surface area contributed by atoms with Crippen molar-refractivity contribution in [3.05, 3.63) is 36.0 Å². The van der Waals surface area contributed by atoms with E-state index in [4.69, 9.17) is 4.74 Å². The normalized spacial score (nSPS) is 11.5. The molecular formula is C17H24N2O. The van der Waals surface area contributed by atoms with E-state index in [1.807, 2.05) is 26.1 Å². The van der Waals surface area contributed by atoms with Gasteiger partial charge in [-0.3, -0.25) is 0 Å². The topological polar surface area (TPSA) is 34.2 Å². The number of rotatable bonds is 6. The molecule has 1 heterocycles. The maximum atomic E-state index is 5.79. The first kappa shape index (κ1) is 14.8. The largest absolute Gasteiger partial charge is 0.475 e. The third-order valence-corrected chi connectivity index (χ3v) is 3.06. The first-order chi connectivity index (χ1) is 9.58. The maximum absolute atomic E-state index is 5.79. The quantitative estimate of drug-likeness (QED) is 0.869. The lowest BCUT2D eigenvalue weighted by Gasteiger charge is -2.14. The van der Waals surface area contributed by atoms with Crippen molar-refractivity contribution in [1.82, 2.24) is 10.3 Å². The zero-order chi connectivity index (χ0) is 14.5. The lowest BCUT2D eigenvalue weighted by atomic mass is 10.1. The van der Waals surface area contributed by atoms with Crippen LogP contribution in [0.2, 0.25) is 0 Å². The van der Waals surface area contributed by atoms with Crippen molar-refractivity contribution in [2.45, 2.75) is 40.3 Å². The van der Waals surface area contributed by atoms with Crippen LogP contribution in [0.4, 0.5) is 0 Å². The van der Waals surface area contributed by atoms with Gasteiger partial charge in [-0.1, -0.05) is 32.0 Å². The number of pyridine rings is 1. The molecule has 0 spiro atoms. The molecular weight excluding hydrogens is 248 g/mol. The van der Waals surface area contributed by atoms with Crippen molar-refractivity contribution in [2.75, 3.05) is 6.54 Å². The number of aromatic nitrogens is 1. The van der Waals surface area contributed by atoms with Crippen molar-refractivity contribution in [3.63, 3.8) is 0 Å². The Balaban J connectivity index is 2.28. The van der Waals surface area contributed by atoms with Gasteiger partial charge in [0.2, 0.25) is 5.88 Å². The molecule has 0 aliphatic rings. The van der Waals surface area contributed by atoms with Crippen LogP contribution in [0, 0.1) is 5.92 Å². The summed E-state index contributed by atoms with van der Waals surface area (Å²) in [6.45, 7) is 10.3. The smallest absolute Gasteiger partial charge is 0.221 e. The summed E-state index contributed by atoms with van der Waals surface area (Å²) in [5, 5.41) is 5.78. The van der Waals surface area contributed by atoms with Crippen LogP contribution in [0.1, 0.15) is 33.3 Å². The first-order valence-electron chi connectivity index (χ1n) is 7.32. The number of fused-ring (bicyclic) bond motifs is 1. The van der Waals surface area contributed by atoms with Crippen LogP contribution in [0.5, 0.6) is 5.88 Å². The fraction of sp³-hybridized carbons (Fsp3) is 0.471. The van der Waals surface area contributed by atoms with E-state index in [1.165, 1.54) is 10.9 Å². The Kier molecular flexibility index (Phi) is 4.96. The average Bonchev–Trinajstić information content (AvgIpc) is 2.40. The summed E-state index contributed by atoms with van der Waals surface area (Å²) >= 11 is 0. The van der Waals surface area contributed by atoms with Crippen LogP contribution < -0.4 is 10.1 Å². The SMILES string of the molecule is CC(C)CNCc1cnc(OC(C)C)c2ccccc12. The Hall–Kier alpha value is -1.61. The molecule has 0 aliphatic carbocycles. The molecule has 1 N–H and O–H groups in total. The molecule has 0 atom stereocenters. The first-order valence-corrected chi connectivity index (χ1v) is 7.32. The second kappa shape index (κ2) is 6.71. The van der Waals surface area contributed by atoms with Gasteiger partial charge in [0.05, 0.1) is 6.10 Å². The molecule has 0 amide bonds. The Morgan fingerprint density at radius 1 is 1.10 bits per heavy atom. The van der Waals surface area contributed by atoms with E-state index in [0.29, 0.717) is 5.92 Å². The lowest BCUT2D eigenvalue weighted by Crippen LogP contribution is -2.19. The van der Waals surface area contributed by atoms with Gasteiger partial charge in [0.1, 0.15) is 0 Å². The summed E-state index contributed by atoms with van der Waals surface area (Å²) in [5.74, 6) is 1.38. The molecule has 0 aliphatic heterocycles. The second-order valence-electron chi connectivity index (χ2n) is 5.83. The Morgan fingerprint density at radius 3 is 2.45 bits per heavy atom. The van der Waals surface area contributed by atoms with Crippen molar-refractivity contribution < 1.29 is 4.74 Å². The van der Waals surface area contributed by atoms with Crippen LogP contribution in [0.25, 0.3) is 10.8 Å². The molecule has 0 saturated heterocycles. The fourth-order valence-corrected chi connectivity index (χ4v) is 2.18. The molecule has 0 fully saturated rings. The molecule has 3 nitrogen and oxygen atoms in total. The average molecular weight is 272 g/mol. The van der Waals surface area contributed by atoms with Gasteiger partial charge in [-0.2, -0.15) is 0 Å². The predicted molar refractivity (Wildman–Crippen MR) is 84.1 cm³/mol. The highest BCUT2D eigenvalue weighted by atomic mass is 16.5. The second-order valence-corrected chi connectivity index (χ2v) is 5.83. The van der Waals surface area contributed by atoms with E-state index in [-0.39, 0.29) is 6.10 Å². The van der Waals surface area contributed by atoms with Crippen LogP contribution >= 0.6 is 0 Å². The van der Waals surface area contributed by atoms with E-state index in [1.54, 1.807) is 0 Å². The van der Waals surface area contributed by atoms with Crippen LogP contribution in [-0.2, 0) is 6.54 Å². The van der Waals surface area contributed by atoms with Crippen molar-refractivity contribution in [3.8, 4) is 5.88 Å². The number of nitrogens with zero attached hydrogens (tertiary/aromatic N) is 1. The summed E-state index contributed by atoms with van der Waals surface area (Å²) in [5.41, 5.74) is 1.22. The van der Waals surface area contributed by atoms with Gasteiger partial charge in [0, 0.05) is 18.1 Å². The lowest BCUT2D eigenvalue weighted by molar-refractivity contribution is 0.236. The number of nitrogens with one attached hydrogen (secondary N) is 1. The van der Waals surface area contributed by atoms with Crippen molar-refractivity contribution in [1.29, 1.82) is 0 Å². The van der Waals surface area contributed by atoms with E-state index >= 15 is 0 Å². The minimum absolute atomic E-state index is 0.135. The summed E-state index contributed by atoms with van der Waals surface area (Å²) in [4.78, 5) is 4.48. The number of hydrogen-bond acceptors (Lipinski definition) is 3. The molecule has 108 valence electrons. The minimum atomic E-state index is 0.135. The number of benzene rings is 1. The summed E-state index contributed by atoms with van der Waals surface area (Å²) < 4.78 is 5.79. The molecule has 1 aromatic carbocycles. The maximum Gasteiger partial charge on any atom is 0.221 e. The summed E-state index contributed by atoms with van der Waals surface area (Å²) in [7, 11) is 0. The van der Waals surface area contributed by atoms with Gasteiger partial charge in [0.25, 0.3) is 0 Å². The predicted octanol–water partition coefficient (Wildman–Crippen LogP) is 3.77. The standard InChI is InChI=1S/C17H24N2O/c1-12(2)9-18-10-14-11-19-17(20-13(3)4)16-8-6-5-7-15(14)16/h5-8,11-13,18H,9-10H2,1-4H3. The Morgan fingerprint density at radius 2 is 1.80 bits per heavy atom. The molecule has 0 radical (unpaired) electrons. The number of hydrogen-bond donors (Lipinski definition) is 1. The van der Waals surface area contributed by atoms with Crippen LogP contribution in [0.3, 0.4) is 0 Å². The Labute approximate surface area is 121 Å². The Bertz CT molecular complexity index is 564. The summed E-state index contributed by atoms with van der Waals surface area (Å²) in [6.07, 6.45) is 2.06. The summed E-state index contributed by atoms with van der Waals surface area (Å²) in [6, 6.07) is 8.30.